The van der Waals surface area contributed by atoms with Gasteiger partial charge in [0.05, 0.1) is 0 Å². The summed E-state index contributed by atoms with van der Waals surface area (Å²) in [6.07, 6.45) is -3.65. The molecule has 2 unspecified atom stereocenters. The van der Waals surface area contributed by atoms with Crippen molar-refractivity contribution in [2.24, 2.45) is 0 Å². The van der Waals surface area contributed by atoms with Crippen molar-refractivity contribution in [1.29, 1.82) is 0 Å². The molecule has 2 heterocycles. The Morgan fingerprint density at radius 1 is 0.574 bits per heavy atom. The highest BCUT2D eigenvalue weighted by molar-refractivity contribution is 7.21. The van der Waals surface area contributed by atoms with Crippen LogP contribution in [0.15, 0.2) is 97.1 Å². The largest absolute Gasteiger partial charge is 0.477 e. The lowest BCUT2D eigenvalue weighted by molar-refractivity contribution is -0.127. The predicted molar refractivity (Wildman–Crippen MR) is 215 cm³/mol. The molecule has 0 aliphatic heterocycles. The van der Waals surface area contributed by atoms with Gasteiger partial charge in [0, 0.05) is 32.5 Å². The number of carbonyl (C=O) groups is 4. The van der Waals surface area contributed by atoms with E-state index in [-0.39, 0.29) is 34.0 Å². The molecule has 14 heteroatoms. The molecular weight excluding hydrogens is 777 g/mol. The first-order valence-electron chi connectivity index (χ1n) is 16.7. The van der Waals surface area contributed by atoms with E-state index >= 15 is 0 Å². The number of carboxylic acids is 2. The van der Waals surface area contributed by atoms with E-state index in [0.717, 1.165) is 33.8 Å². The first kappa shape index (κ1) is 43.5. The fourth-order valence-electron chi connectivity index (χ4n) is 4.69. The number of hydrogen-bond acceptors (Lipinski definition) is 6. The lowest BCUT2D eigenvalue weighted by atomic mass is 10.1. The highest BCUT2D eigenvalue weighted by atomic mass is 35.5. The maximum atomic E-state index is 14.4. The van der Waals surface area contributed by atoms with Gasteiger partial charge >= 0.3 is 11.9 Å². The number of hydrogen-bond donors (Lipinski definition) is 4. The quantitative estimate of drug-likeness (QED) is 0.109. The van der Waals surface area contributed by atoms with Crippen molar-refractivity contribution in [1.82, 2.24) is 10.6 Å². The van der Waals surface area contributed by atoms with E-state index in [9.17, 15) is 28.0 Å². The molecule has 0 radical (unpaired) electrons. The summed E-state index contributed by atoms with van der Waals surface area (Å²) in [5.74, 6) is -3.55. The van der Waals surface area contributed by atoms with Gasteiger partial charge in [-0.1, -0.05) is 99.4 Å². The molecular formula is C40H38Cl2F2N2O6S2. The molecule has 4 aromatic carbocycles. The molecule has 0 fully saturated rings. The van der Waals surface area contributed by atoms with Crippen molar-refractivity contribution in [3.63, 3.8) is 0 Å². The second-order valence-corrected chi connectivity index (χ2v) is 13.9. The number of amides is 2. The van der Waals surface area contributed by atoms with Crippen LogP contribution in [0, 0.1) is 0 Å². The van der Waals surface area contributed by atoms with Crippen molar-refractivity contribution < 1.29 is 38.2 Å². The van der Waals surface area contributed by atoms with Crippen LogP contribution in [0.4, 0.5) is 8.78 Å². The van der Waals surface area contributed by atoms with E-state index in [0.29, 0.717) is 30.2 Å². The van der Waals surface area contributed by atoms with E-state index in [2.05, 4.69) is 10.6 Å². The molecule has 0 aliphatic rings. The third kappa shape index (κ3) is 12.1. The Hall–Kier alpha value is -4.88. The number of aromatic carboxylic acids is 2. The Kier molecular flexibility index (Phi) is 17.0. The van der Waals surface area contributed by atoms with E-state index in [1.165, 1.54) is 36.4 Å². The van der Waals surface area contributed by atoms with Crippen molar-refractivity contribution in [3.8, 4) is 0 Å². The topological polar surface area (TPSA) is 133 Å². The molecule has 6 rings (SSSR count). The van der Waals surface area contributed by atoms with Gasteiger partial charge in [0.1, 0.15) is 9.75 Å². The molecule has 54 heavy (non-hydrogen) atoms. The summed E-state index contributed by atoms with van der Waals surface area (Å²) < 4.78 is 30.1. The Balaban J connectivity index is 0.000000266. The number of thiophene rings is 2. The third-order valence-corrected chi connectivity index (χ3v) is 9.99. The first-order chi connectivity index (χ1) is 25.9. The molecule has 4 N–H and O–H groups in total. The molecule has 8 nitrogen and oxygen atoms in total. The average molecular weight is 816 g/mol. The highest BCUT2D eigenvalue weighted by Crippen LogP contribution is 2.31. The zero-order valence-electron chi connectivity index (χ0n) is 29.7. The van der Waals surface area contributed by atoms with Crippen LogP contribution < -0.4 is 10.6 Å². The lowest BCUT2D eigenvalue weighted by Crippen LogP contribution is -2.26. The van der Waals surface area contributed by atoms with Crippen LogP contribution in [0.5, 0.6) is 0 Å². The minimum absolute atomic E-state index is 0.176. The molecule has 2 amide bonds. The van der Waals surface area contributed by atoms with Crippen LogP contribution in [0.25, 0.3) is 20.2 Å². The molecule has 0 spiro atoms. The number of carbonyl (C=O) groups excluding carboxylic acids is 2. The number of rotatable bonds is 10. The monoisotopic (exact) mass is 814 g/mol. The molecule has 0 aliphatic carbocycles. The SMILES string of the molecule is CC.CC.O=C(O)c1cc2ccc(C(F)C(=O)NCc3ccc(Cl)cc3)cc2s1.O=C(O)c1cc2ccc(C(F)C(=O)NCc3ccc(Cl)cc3)cc2s1. The van der Waals surface area contributed by atoms with E-state index in [1.807, 2.05) is 27.7 Å². The van der Waals surface area contributed by atoms with Crippen molar-refractivity contribution in [2.75, 3.05) is 0 Å². The van der Waals surface area contributed by atoms with Crippen LogP contribution in [0.1, 0.15) is 81.6 Å². The summed E-state index contributed by atoms with van der Waals surface area (Å²) in [7, 11) is 0. The van der Waals surface area contributed by atoms with Gasteiger partial charge in [-0.05, 0) is 81.6 Å². The van der Waals surface area contributed by atoms with Crippen LogP contribution >= 0.6 is 45.9 Å². The Morgan fingerprint density at radius 2 is 0.907 bits per heavy atom. The Morgan fingerprint density at radius 3 is 1.22 bits per heavy atom. The second kappa shape index (κ2) is 21.1. The minimum atomic E-state index is -1.83. The van der Waals surface area contributed by atoms with Crippen LogP contribution in [-0.4, -0.2) is 34.0 Å². The van der Waals surface area contributed by atoms with Crippen LogP contribution in [0.3, 0.4) is 0 Å². The smallest absolute Gasteiger partial charge is 0.345 e. The number of carboxylic acid groups (broad SMARTS) is 2. The standard InChI is InChI=1S/2C18H13ClFNO3S.2C2H6/c2*19-13-5-1-10(2-6-13)9-21-17(22)16(20)12-4-3-11-7-15(18(23)24)25-14(11)8-12;2*1-2/h2*1-8,16H,9H2,(H,21,22)(H,23,24);2*1-2H3. The molecule has 0 bridgehead atoms. The Bertz CT molecular complexity index is 2040. The normalized spacial score (nSPS) is 11.4. The number of fused-ring (bicyclic) bond motifs is 2. The fraction of sp³-hybridized carbons (Fsp3) is 0.200. The van der Waals surface area contributed by atoms with Crippen LogP contribution in [-0.2, 0) is 22.7 Å². The summed E-state index contributed by atoms with van der Waals surface area (Å²) in [6.45, 7) is 8.39. The summed E-state index contributed by atoms with van der Waals surface area (Å²) in [5.41, 5.74) is 2.01. The molecule has 0 saturated heterocycles. The number of nitrogens with one attached hydrogen (secondary N) is 2. The maximum Gasteiger partial charge on any atom is 0.345 e. The maximum absolute atomic E-state index is 14.4. The summed E-state index contributed by atoms with van der Waals surface area (Å²) in [5, 5.41) is 25.7. The van der Waals surface area contributed by atoms with E-state index in [4.69, 9.17) is 33.4 Å². The van der Waals surface area contributed by atoms with Crippen molar-refractivity contribution in [3.05, 3.63) is 139 Å². The number of alkyl halides is 2. The summed E-state index contributed by atoms with van der Waals surface area (Å²) in [4.78, 5) is 46.4. The molecule has 2 atom stereocenters. The van der Waals surface area contributed by atoms with Crippen molar-refractivity contribution >= 4 is 89.8 Å². The zero-order valence-corrected chi connectivity index (χ0v) is 32.8. The van der Waals surface area contributed by atoms with Gasteiger partial charge in [0.15, 0.2) is 0 Å². The highest BCUT2D eigenvalue weighted by Gasteiger charge is 2.22. The fourth-order valence-corrected chi connectivity index (χ4v) is 6.84. The van der Waals surface area contributed by atoms with Gasteiger partial charge in [0.2, 0.25) is 12.3 Å². The summed E-state index contributed by atoms with van der Waals surface area (Å²) in [6, 6.07) is 26.1. The molecule has 6 aromatic rings. The second-order valence-electron chi connectivity index (χ2n) is 10.8. The molecule has 0 saturated carbocycles. The predicted octanol–water partition coefficient (Wildman–Crippen LogP) is 11.2. The van der Waals surface area contributed by atoms with Gasteiger partial charge < -0.3 is 20.8 Å². The Labute approximate surface area is 329 Å². The van der Waals surface area contributed by atoms with Gasteiger partial charge in [0.25, 0.3) is 11.8 Å². The first-order valence-corrected chi connectivity index (χ1v) is 19.1. The summed E-state index contributed by atoms with van der Waals surface area (Å²) >= 11 is 13.7. The number of halogens is 4. The number of benzene rings is 4. The van der Waals surface area contributed by atoms with Gasteiger partial charge in [-0.15, -0.1) is 22.7 Å². The third-order valence-electron chi connectivity index (χ3n) is 7.32. The molecule has 2 aromatic heterocycles. The lowest BCUT2D eigenvalue weighted by Gasteiger charge is -2.10. The average Bonchev–Trinajstić information content (AvgIpc) is 3.83. The van der Waals surface area contributed by atoms with Gasteiger partial charge in [-0.25, -0.2) is 18.4 Å². The van der Waals surface area contributed by atoms with Crippen molar-refractivity contribution in [2.45, 2.75) is 53.1 Å². The van der Waals surface area contributed by atoms with Gasteiger partial charge in [-0.2, -0.15) is 0 Å². The van der Waals surface area contributed by atoms with E-state index < -0.39 is 36.1 Å². The van der Waals surface area contributed by atoms with Gasteiger partial charge in [-0.3, -0.25) is 9.59 Å². The zero-order chi connectivity index (χ0) is 39.9. The molecule has 284 valence electrons. The van der Waals surface area contributed by atoms with Crippen LogP contribution in [0.2, 0.25) is 10.0 Å². The van der Waals surface area contributed by atoms with E-state index in [1.54, 1.807) is 60.7 Å². The minimum Gasteiger partial charge on any atom is -0.477 e.